The molecule has 2 heterocycles. The van der Waals surface area contributed by atoms with Crippen molar-refractivity contribution in [3.8, 4) is 0 Å². The molecule has 1 aromatic carbocycles. The summed E-state index contributed by atoms with van der Waals surface area (Å²) in [5.41, 5.74) is 1.01. The topological polar surface area (TPSA) is 37.4 Å². The van der Waals surface area contributed by atoms with Crippen molar-refractivity contribution in [1.82, 2.24) is 4.31 Å². The van der Waals surface area contributed by atoms with Crippen molar-refractivity contribution in [2.24, 2.45) is 0 Å². The van der Waals surface area contributed by atoms with Crippen molar-refractivity contribution in [1.29, 1.82) is 0 Å². The maximum Gasteiger partial charge on any atom is 0.252 e. The van der Waals surface area contributed by atoms with Gasteiger partial charge in [0.15, 0.2) is 0 Å². The minimum atomic E-state index is -3.39. The molecule has 118 valence electrons. The van der Waals surface area contributed by atoms with Gasteiger partial charge in [-0.25, -0.2) is 8.42 Å². The molecule has 0 amide bonds. The Morgan fingerprint density at radius 3 is 2.73 bits per heavy atom. The molecule has 3 nitrogen and oxygen atoms in total. The number of thiophene rings is 1. The fraction of sp³-hybridized carbons (Fsp3) is 0.375. The number of sulfonamides is 1. The fourth-order valence-corrected chi connectivity index (χ4v) is 6.23. The maximum absolute atomic E-state index is 12.8. The zero-order chi connectivity index (χ0) is 15.7. The van der Waals surface area contributed by atoms with Gasteiger partial charge >= 0.3 is 0 Å². The summed E-state index contributed by atoms with van der Waals surface area (Å²) in [4.78, 5) is 1.01. The second kappa shape index (κ2) is 6.32. The third-order valence-electron chi connectivity index (χ3n) is 4.02. The van der Waals surface area contributed by atoms with Crippen LogP contribution < -0.4 is 0 Å². The van der Waals surface area contributed by atoms with E-state index < -0.39 is 10.0 Å². The SMILES string of the molecule is Cc1ccc(S(=O)(=O)N2CCC[C@H]2Cc2ccccc2Cl)s1. The number of hydrogen-bond donors (Lipinski definition) is 0. The second-order valence-electron chi connectivity index (χ2n) is 5.57. The van der Waals surface area contributed by atoms with Crippen molar-refractivity contribution in [3.63, 3.8) is 0 Å². The Hall–Kier alpha value is -0.880. The summed E-state index contributed by atoms with van der Waals surface area (Å²) in [7, 11) is -3.39. The number of aryl methyl sites for hydroxylation is 1. The lowest BCUT2D eigenvalue weighted by Gasteiger charge is -2.23. The first-order chi connectivity index (χ1) is 10.5. The van der Waals surface area contributed by atoms with Crippen LogP contribution in [0.25, 0.3) is 0 Å². The van der Waals surface area contributed by atoms with Crippen LogP contribution in [0.1, 0.15) is 23.3 Å². The molecule has 6 heteroatoms. The van der Waals surface area contributed by atoms with E-state index in [1.54, 1.807) is 10.4 Å². The van der Waals surface area contributed by atoms with Crippen molar-refractivity contribution in [2.75, 3.05) is 6.54 Å². The molecule has 0 unspecified atom stereocenters. The van der Waals surface area contributed by atoms with Crippen LogP contribution in [0.2, 0.25) is 5.02 Å². The summed E-state index contributed by atoms with van der Waals surface area (Å²) in [6.07, 6.45) is 2.46. The number of benzene rings is 1. The molecule has 3 rings (SSSR count). The van der Waals surface area contributed by atoms with Crippen molar-refractivity contribution < 1.29 is 8.42 Å². The monoisotopic (exact) mass is 355 g/mol. The van der Waals surface area contributed by atoms with E-state index in [9.17, 15) is 8.42 Å². The van der Waals surface area contributed by atoms with Crippen LogP contribution in [-0.2, 0) is 16.4 Å². The van der Waals surface area contributed by atoms with Crippen LogP contribution in [0.15, 0.2) is 40.6 Å². The molecular formula is C16H18ClNO2S2. The predicted molar refractivity (Wildman–Crippen MR) is 91.1 cm³/mol. The Morgan fingerprint density at radius 2 is 2.05 bits per heavy atom. The van der Waals surface area contributed by atoms with E-state index in [0.717, 1.165) is 23.3 Å². The molecule has 22 heavy (non-hydrogen) atoms. The van der Waals surface area contributed by atoms with E-state index in [1.807, 2.05) is 37.3 Å². The van der Waals surface area contributed by atoms with Gasteiger partial charge in [0.1, 0.15) is 4.21 Å². The largest absolute Gasteiger partial charge is 0.252 e. The highest BCUT2D eigenvalue weighted by Crippen LogP contribution is 2.32. The van der Waals surface area contributed by atoms with Crippen LogP contribution in [0.5, 0.6) is 0 Å². The van der Waals surface area contributed by atoms with Gasteiger partial charge in [0.05, 0.1) is 0 Å². The zero-order valence-corrected chi connectivity index (χ0v) is 14.7. The van der Waals surface area contributed by atoms with E-state index in [0.29, 0.717) is 22.2 Å². The highest BCUT2D eigenvalue weighted by molar-refractivity contribution is 7.91. The van der Waals surface area contributed by atoms with Gasteiger partial charge < -0.3 is 0 Å². The van der Waals surface area contributed by atoms with Gasteiger partial charge in [-0.15, -0.1) is 11.3 Å². The van der Waals surface area contributed by atoms with Gasteiger partial charge in [-0.3, -0.25) is 0 Å². The zero-order valence-electron chi connectivity index (χ0n) is 12.3. The Morgan fingerprint density at radius 1 is 1.27 bits per heavy atom. The lowest BCUT2D eigenvalue weighted by Crippen LogP contribution is -2.36. The summed E-state index contributed by atoms with van der Waals surface area (Å²) < 4.78 is 27.8. The van der Waals surface area contributed by atoms with E-state index >= 15 is 0 Å². The summed E-state index contributed by atoms with van der Waals surface area (Å²) in [5.74, 6) is 0. The second-order valence-corrected chi connectivity index (χ2v) is 9.38. The highest BCUT2D eigenvalue weighted by Gasteiger charge is 2.36. The third kappa shape index (κ3) is 3.08. The highest BCUT2D eigenvalue weighted by atomic mass is 35.5. The Bertz CT molecular complexity index is 770. The summed E-state index contributed by atoms with van der Waals surface area (Å²) in [5, 5.41) is 0.707. The molecule has 0 saturated carbocycles. The fourth-order valence-electron chi connectivity index (χ4n) is 2.91. The van der Waals surface area contributed by atoms with Gasteiger partial charge in [0, 0.05) is 22.5 Å². The van der Waals surface area contributed by atoms with Gasteiger partial charge in [0.25, 0.3) is 10.0 Å². The van der Waals surface area contributed by atoms with Crippen LogP contribution in [-0.4, -0.2) is 25.3 Å². The smallest absolute Gasteiger partial charge is 0.206 e. The molecule has 1 saturated heterocycles. The molecule has 0 aliphatic carbocycles. The summed E-state index contributed by atoms with van der Waals surface area (Å²) >= 11 is 7.56. The van der Waals surface area contributed by atoms with Gasteiger partial charge in [-0.05, 0) is 49.9 Å². The normalized spacial score (nSPS) is 19.6. The van der Waals surface area contributed by atoms with E-state index in [1.165, 1.54) is 11.3 Å². The van der Waals surface area contributed by atoms with E-state index in [2.05, 4.69) is 0 Å². The maximum atomic E-state index is 12.8. The molecule has 1 atom stereocenters. The average Bonchev–Trinajstić information content (AvgIpc) is 3.11. The number of nitrogens with zero attached hydrogens (tertiary/aromatic N) is 1. The van der Waals surface area contributed by atoms with Crippen molar-refractivity contribution >= 4 is 33.0 Å². The first-order valence-electron chi connectivity index (χ1n) is 7.30. The lowest BCUT2D eigenvalue weighted by molar-refractivity contribution is 0.387. The molecule has 1 aliphatic heterocycles. The minimum absolute atomic E-state index is 0.00712. The Kier molecular flexibility index (Phi) is 4.59. The Balaban J connectivity index is 1.86. The summed E-state index contributed by atoms with van der Waals surface area (Å²) in [6, 6.07) is 11.2. The quantitative estimate of drug-likeness (QED) is 0.827. The summed E-state index contributed by atoms with van der Waals surface area (Å²) in [6.45, 7) is 2.52. The van der Waals surface area contributed by atoms with Crippen molar-refractivity contribution in [2.45, 2.75) is 36.4 Å². The van der Waals surface area contributed by atoms with E-state index in [4.69, 9.17) is 11.6 Å². The molecule has 1 aliphatic rings. The lowest BCUT2D eigenvalue weighted by atomic mass is 10.0. The molecular weight excluding hydrogens is 338 g/mol. The molecule has 0 N–H and O–H groups in total. The molecule has 0 bridgehead atoms. The first kappa shape index (κ1) is 16.0. The van der Waals surface area contributed by atoms with Crippen LogP contribution >= 0.6 is 22.9 Å². The molecule has 1 fully saturated rings. The first-order valence-corrected chi connectivity index (χ1v) is 9.93. The van der Waals surface area contributed by atoms with Crippen LogP contribution in [0.4, 0.5) is 0 Å². The number of halogens is 1. The predicted octanol–water partition coefficient (Wildman–Crippen LogP) is 4.11. The van der Waals surface area contributed by atoms with Gasteiger partial charge in [0.2, 0.25) is 0 Å². The van der Waals surface area contributed by atoms with Crippen LogP contribution in [0.3, 0.4) is 0 Å². The number of hydrogen-bond acceptors (Lipinski definition) is 3. The van der Waals surface area contributed by atoms with Crippen LogP contribution in [0, 0.1) is 6.92 Å². The molecule has 2 aromatic rings. The molecule has 0 radical (unpaired) electrons. The standard InChI is InChI=1S/C16H18ClNO2S2/c1-12-8-9-16(21-12)22(19,20)18-10-4-6-14(18)11-13-5-2-3-7-15(13)17/h2-3,5,7-9,14H,4,6,10-11H2,1H3/t14-/m0/s1. The van der Waals surface area contributed by atoms with Gasteiger partial charge in [-0.2, -0.15) is 4.31 Å². The van der Waals surface area contributed by atoms with E-state index in [-0.39, 0.29) is 6.04 Å². The average molecular weight is 356 g/mol. The minimum Gasteiger partial charge on any atom is -0.206 e. The molecule has 1 aromatic heterocycles. The number of rotatable bonds is 4. The van der Waals surface area contributed by atoms with Gasteiger partial charge in [-0.1, -0.05) is 29.8 Å². The molecule has 0 spiro atoms. The third-order valence-corrected chi connectivity index (χ3v) is 7.80. The Labute approximate surface area is 140 Å². The van der Waals surface area contributed by atoms with Crippen molar-refractivity contribution in [3.05, 3.63) is 51.9 Å².